The van der Waals surface area contributed by atoms with Crippen LogP contribution in [0.3, 0.4) is 0 Å². The van der Waals surface area contributed by atoms with Crippen LogP contribution < -0.4 is 0 Å². The van der Waals surface area contributed by atoms with Crippen molar-refractivity contribution < 1.29 is 28.6 Å². The summed E-state index contributed by atoms with van der Waals surface area (Å²) < 4.78 is 14.7. The summed E-state index contributed by atoms with van der Waals surface area (Å²) in [5.41, 5.74) is -0.438. The van der Waals surface area contributed by atoms with E-state index in [-0.39, 0.29) is 11.7 Å². The van der Waals surface area contributed by atoms with Crippen LogP contribution in [0.25, 0.3) is 0 Å². The molecule has 0 aromatic heterocycles. The topological polar surface area (TPSA) is 78.9 Å². The Morgan fingerprint density at radius 3 is 2.42 bits per heavy atom. The monoisotopic (exact) mass is 270 g/mol. The van der Waals surface area contributed by atoms with E-state index in [4.69, 9.17) is 9.47 Å². The van der Waals surface area contributed by atoms with Gasteiger partial charge in [-0.2, -0.15) is 0 Å². The fourth-order valence-corrected chi connectivity index (χ4v) is 1.52. The Labute approximate surface area is 111 Å². The summed E-state index contributed by atoms with van der Waals surface area (Å²) in [7, 11) is 0. The van der Waals surface area contributed by atoms with Gasteiger partial charge in [-0.25, -0.2) is 14.4 Å². The normalized spacial score (nSPS) is 24.5. The fraction of sp³-hybridized carbons (Fsp3) is 0.615. The first-order chi connectivity index (χ1) is 8.66. The number of rotatable bonds is 4. The predicted molar refractivity (Wildman–Crippen MR) is 65.0 cm³/mol. The lowest BCUT2D eigenvalue weighted by Gasteiger charge is -2.25. The maximum absolute atomic E-state index is 11.6. The predicted octanol–water partition coefficient (Wildman–Crippen LogP) is 0.989. The zero-order valence-electron chi connectivity index (χ0n) is 11.5. The van der Waals surface area contributed by atoms with Crippen LogP contribution in [-0.4, -0.2) is 36.7 Å². The first kappa shape index (κ1) is 15.2. The molecule has 1 aliphatic rings. The summed E-state index contributed by atoms with van der Waals surface area (Å²) in [5, 5.41) is 0. The minimum atomic E-state index is -0.987. The number of hydrogen-bond donors (Lipinski definition) is 0. The molecular weight excluding hydrogens is 252 g/mol. The van der Waals surface area contributed by atoms with Gasteiger partial charge in [0.25, 0.3) is 0 Å². The third kappa shape index (κ3) is 3.33. The lowest BCUT2D eigenvalue weighted by Crippen LogP contribution is -2.38. The molecule has 0 radical (unpaired) electrons. The molecule has 0 N–H and O–H groups in total. The van der Waals surface area contributed by atoms with Gasteiger partial charge in [-0.05, 0) is 13.8 Å². The van der Waals surface area contributed by atoms with Gasteiger partial charge in [0.15, 0.2) is 6.61 Å². The lowest BCUT2D eigenvalue weighted by molar-refractivity contribution is -0.168. The van der Waals surface area contributed by atoms with Gasteiger partial charge < -0.3 is 14.2 Å². The largest absolute Gasteiger partial charge is 0.459 e. The second-order valence-electron chi connectivity index (χ2n) is 5.13. The Balaban J connectivity index is 2.55. The molecule has 6 heteroatoms. The highest BCUT2D eigenvalue weighted by molar-refractivity contribution is 5.89. The number of cyclic esters (lactones) is 1. The van der Waals surface area contributed by atoms with Crippen molar-refractivity contribution in [3.63, 3.8) is 0 Å². The molecule has 0 aliphatic carbocycles. The highest BCUT2D eigenvalue weighted by Gasteiger charge is 2.51. The molecule has 1 rings (SSSR count). The molecule has 1 saturated heterocycles. The van der Waals surface area contributed by atoms with E-state index >= 15 is 0 Å². The maximum atomic E-state index is 11.6. The van der Waals surface area contributed by atoms with Crippen molar-refractivity contribution in [3.8, 4) is 0 Å². The lowest BCUT2D eigenvalue weighted by atomic mass is 9.84. The van der Waals surface area contributed by atoms with E-state index in [1.807, 2.05) is 0 Å². The number of carbonyl (C=O) groups is 3. The van der Waals surface area contributed by atoms with E-state index in [2.05, 4.69) is 11.3 Å². The highest BCUT2D eigenvalue weighted by Crippen LogP contribution is 2.36. The van der Waals surface area contributed by atoms with Gasteiger partial charge in [0.2, 0.25) is 6.10 Å². The molecule has 1 fully saturated rings. The van der Waals surface area contributed by atoms with Crippen molar-refractivity contribution in [2.24, 2.45) is 5.41 Å². The summed E-state index contributed by atoms with van der Waals surface area (Å²) in [6.07, 6.45) is -1.34. The highest BCUT2D eigenvalue weighted by atomic mass is 16.6. The van der Waals surface area contributed by atoms with E-state index in [9.17, 15) is 14.4 Å². The van der Waals surface area contributed by atoms with E-state index in [0.717, 1.165) is 0 Å². The molecule has 6 nitrogen and oxygen atoms in total. The third-order valence-corrected chi connectivity index (χ3v) is 3.15. The van der Waals surface area contributed by atoms with Gasteiger partial charge in [0, 0.05) is 11.0 Å². The van der Waals surface area contributed by atoms with Crippen molar-refractivity contribution in [1.29, 1.82) is 0 Å². The summed E-state index contributed by atoms with van der Waals surface area (Å²) in [6.45, 7) is 9.55. The van der Waals surface area contributed by atoms with Crippen LogP contribution in [0.2, 0.25) is 0 Å². The zero-order valence-corrected chi connectivity index (χ0v) is 11.5. The van der Waals surface area contributed by atoms with Gasteiger partial charge >= 0.3 is 17.9 Å². The Morgan fingerprint density at radius 1 is 1.42 bits per heavy atom. The average molecular weight is 270 g/mol. The number of ether oxygens (including phenoxy) is 3. The molecule has 0 saturated carbocycles. The zero-order chi connectivity index (χ0) is 14.8. The molecule has 0 bridgehead atoms. The summed E-state index contributed by atoms with van der Waals surface area (Å²) in [4.78, 5) is 34.2. The Hall–Kier alpha value is -1.85. The van der Waals surface area contributed by atoms with Crippen LogP contribution in [0.4, 0.5) is 0 Å². The fourth-order valence-electron chi connectivity index (χ4n) is 1.52. The first-order valence-electron chi connectivity index (χ1n) is 5.89. The SMILES string of the molecule is C=C(C)C(=O)OCC(=O)OC1C(=O)OC(C)C1(C)C. The van der Waals surface area contributed by atoms with Crippen molar-refractivity contribution >= 4 is 17.9 Å². The number of carbonyl (C=O) groups excluding carboxylic acids is 3. The van der Waals surface area contributed by atoms with E-state index in [1.54, 1.807) is 20.8 Å². The number of hydrogen-bond acceptors (Lipinski definition) is 6. The minimum absolute atomic E-state index is 0.182. The quantitative estimate of drug-likeness (QED) is 0.430. The summed E-state index contributed by atoms with van der Waals surface area (Å²) in [5.74, 6) is -2.06. The minimum Gasteiger partial charge on any atom is -0.459 e. The molecule has 2 atom stereocenters. The van der Waals surface area contributed by atoms with Crippen molar-refractivity contribution in [1.82, 2.24) is 0 Å². The molecule has 19 heavy (non-hydrogen) atoms. The molecule has 1 aliphatic heterocycles. The molecule has 1 heterocycles. The van der Waals surface area contributed by atoms with Crippen molar-refractivity contribution in [2.45, 2.75) is 39.9 Å². The van der Waals surface area contributed by atoms with Gasteiger partial charge in [0.1, 0.15) is 6.10 Å². The molecular formula is C13H18O6. The van der Waals surface area contributed by atoms with Crippen LogP contribution in [-0.2, 0) is 28.6 Å². The first-order valence-corrected chi connectivity index (χ1v) is 5.89. The van der Waals surface area contributed by atoms with Crippen molar-refractivity contribution in [2.75, 3.05) is 6.61 Å². The van der Waals surface area contributed by atoms with Gasteiger partial charge in [0.05, 0.1) is 0 Å². The van der Waals surface area contributed by atoms with Gasteiger partial charge in [-0.3, -0.25) is 0 Å². The smallest absolute Gasteiger partial charge is 0.348 e. The second-order valence-corrected chi connectivity index (χ2v) is 5.13. The molecule has 0 amide bonds. The summed E-state index contributed by atoms with van der Waals surface area (Å²) in [6, 6.07) is 0. The Morgan fingerprint density at radius 2 is 2.00 bits per heavy atom. The standard InChI is InChI=1S/C13H18O6/c1-7(2)11(15)17-6-9(14)19-10-12(16)18-8(3)13(10,4)5/h8,10H,1,6H2,2-5H3. The molecule has 2 unspecified atom stereocenters. The molecule has 0 spiro atoms. The Kier molecular flexibility index (Phi) is 4.34. The van der Waals surface area contributed by atoms with Gasteiger partial charge in [-0.1, -0.05) is 20.4 Å². The molecule has 0 aromatic carbocycles. The van der Waals surface area contributed by atoms with Crippen LogP contribution in [0.1, 0.15) is 27.7 Å². The average Bonchev–Trinajstić information content (AvgIpc) is 2.49. The van der Waals surface area contributed by atoms with E-state index < -0.39 is 36.0 Å². The maximum Gasteiger partial charge on any atom is 0.348 e. The molecule has 106 valence electrons. The van der Waals surface area contributed by atoms with Crippen LogP contribution >= 0.6 is 0 Å². The van der Waals surface area contributed by atoms with Crippen LogP contribution in [0.5, 0.6) is 0 Å². The van der Waals surface area contributed by atoms with E-state index in [1.165, 1.54) is 6.92 Å². The third-order valence-electron chi connectivity index (χ3n) is 3.15. The Bertz CT molecular complexity index is 423. The summed E-state index contributed by atoms with van der Waals surface area (Å²) >= 11 is 0. The molecule has 0 aromatic rings. The van der Waals surface area contributed by atoms with Crippen molar-refractivity contribution in [3.05, 3.63) is 12.2 Å². The van der Waals surface area contributed by atoms with Gasteiger partial charge in [-0.15, -0.1) is 0 Å². The second kappa shape index (κ2) is 5.42. The number of esters is 3. The van der Waals surface area contributed by atoms with Crippen LogP contribution in [0, 0.1) is 5.41 Å². The van der Waals surface area contributed by atoms with E-state index in [0.29, 0.717) is 0 Å². The van der Waals surface area contributed by atoms with Crippen LogP contribution in [0.15, 0.2) is 12.2 Å².